The van der Waals surface area contributed by atoms with Gasteiger partial charge in [0.2, 0.25) is 5.91 Å². The summed E-state index contributed by atoms with van der Waals surface area (Å²) in [4.78, 5) is 29.3. The number of nitrogens with zero attached hydrogens (tertiary/aromatic N) is 2. The van der Waals surface area contributed by atoms with Crippen LogP contribution >= 0.6 is 11.8 Å². The highest BCUT2D eigenvalue weighted by Crippen LogP contribution is 2.47. The van der Waals surface area contributed by atoms with Crippen LogP contribution in [0.5, 0.6) is 0 Å². The lowest BCUT2D eigenvalue weighted by Crippen LogP contribution is -2.56. The molecule has 2 aliphatic rings. The van der Waals surface area contributed by atoms with Crippen LogP contribution in [0.1, 0.15) is 31.0 Å². The number of hydrogen-bond acceptors (Lipinski definition) is 4. The first-order valence-electron chi connectivity index (χ1n) is 9.25. The van der Waals surface area contributed by atoms with E-state index in [2.05, 4.69) is 4.98 Å². The Morgan fingerprint density at radius 3 is 2.79 bits per heavy atom. The Hall–Kier alpha value is -2.29. The third kappa shape index (κ3) is 3.56. The maximum absolute atomic E-state index is 13.1. The molecule has 1 N–H and O–H groups in total. The third-order valence-corrected chi connectivity index (χ3v) is 7.23. The number of pyridine rings is 1. The molecule has 154 valence electrons. The second kappa shape index (κ2) is 6.90. The molecule has 4 rings (SSSR count). The van der Waals surface area contributed by atoms with Crippen molar-refractivity contribution in [3.63, 3.8) is 0 Å². The Morgan fingerprint density at radius 2 is 2.10 bits per heavy atom. The van der Waals surface area contributed by atoms with E-state index in [1.54, 1.807) is 12.1 Å². The van der Waals surface area contributed by atoms with Crippen molar-refractivity contribution in [2.45, 2.75) is 43.3 Å². The van der Waals surface area contributed by atoms with Gasteiger partial charge in [-0.15, -0.1) is 11.8 Å². The number of hydrogen-bond donors (Lipinski definition) is 1. The highest BCUT2D eigenvalue weighted by molar-refractivity contribution is 8.00. The van der Waals surface area contributed by atoms with Crippen molar-refractivity contribution in [2.24, 2.45) is 5.92 Å². The molecular weight excluding hydrogens is 405 g/mol. The number of rotatable bonds is 3. The van der Waals surface area contributed by atoms with E-state index in [1.807, 2.05) is 6.92 Å². The van der Waals surface area contributed by atoms with Crippen molar-refractivity contribution in [2.75, 3.05) is 5.75 Å². The molecule has 2 aliphatic heterocycles. The molecule has 0 spiro atoms. The van der Waals surface area contributed by atoms with Gasteiger partial charge in [0.1, 0.15) is 11.7 Å². The molecule has 3 unspecified atom stereocenters. The summed E-state index contributed by atoms with van der Waals surface area (Å²) in [6.45, 7) is 1.91. The fraction of sp³-hybridized carbons (Fsp3) is 0.450. The zero-order chi connectivity index (χ0) is 21.0. The van der Waals surface area contributed by atoms with Gasteiger partial charge in [-0.25, -0.2) is 9.78 Å². The molecule has 0 bridgehead atoms. The average molecular weight is 424 g/mol. The van der Waals surface area contributed by atoms with Crippen LogP contribution in [0.2, 0.25) is 0 Å². The minimum Gasteiger partial charge on any atom is -0.480 e. The quantitative estimate of drug-likeness (QED) is 0.808. The Balaban J connectivity index is 1.57. The number of carboxylic acid groups (broad SMARTS) is 1. The highest BCUT2D eigenvalue weighted by atomic mass is 32.2. The van der Waals surface area contributed by atoms with E-state index in [1.165, 1.54) is 28.8 Å². The van der Waals surface area contributed by atoms with Crippen molar-refractivity contribution in [3.05, 3.63) is 41.6 Å². The SMILES string of the molecule is CC12CCC(Cc3ccc4nc(C(F)(F)F)ccc4c3)C(=O)N1C(C(=O)O)CS2. The third-order valence-electron chi connectivity index (χ3n) is 5.73. The van der Waals surface area contributed by atoms with E-state index in [4.69, 9.17) is 0 Å². The molecule has 1 aromatic heterocycles. The number of carboxylic acids is 1. The number of halogens is 3. The highest BCUT2D eigenvalue weighted by Gasteiger charge is 2.53. The number of carbonyl (C=O) groups is 2. The van der Waals surface area contributed by atoms with Gasteiger partial charge in [0.15, 0.2) is 0 Å². The van der Waals surface area contributed by atoms with E-state index < -0.39 is 28.8 Å². The van der Waals surface area contributed by atoms with Gasteiger partial charge in [0.05, 0.1) is 10.4 Å². The van der Waals surface area contributed by atoms with Crippen LogP contribution in [0.15, 0.2) is 30.3 Å². The Morgan fingerprint density at radius 1 is 1.34 bits per heavy atom. The number of carbonyl (C=O) groups excluding carboxylic acids is 1. The summed E-state index contributed by atoms with van der Waals surface area (Å²) in [5.74, 6) is -1.12. The molecule has 0 aliphatic carbocycles. The second-order valence-corrected chi connectivity index (χ2v) is 9.21. The van der Waals surface area contributed by atoms with Gasteiger partial charge < -0.3 is 10.0 Å². The number of aliphatic carboxylic acids is 1. The molecule has 9 heteroatoms. The molecule has 2 fully saturated rings. The monoisotopic (exact) mass is 424 g/mol. The zero-order valence-electron chi connectivity index (χ0n) is 15.6. The molecule has 2 saturated heterocycles. The van der Waals surface area contributed by atoms with Gasteiger partial charge in [-0.05, 0) is 49.9 Å². The first-order chi connectivity index (χ1) is 13.6. The topological polar surface area (TPSA) is 70.5 Å². The Labute approximate surface area is 169 Å². The Kier molecular flexibility index (Phi) is 4.76. The van der Waals surface area contributed by atoms with Crippen molar-refractivity contribution in [3.8, 4) is 0 Å². The smallest absolute Gasteiger partial charge is 0.433 e. The van der Waals surface area contributed by atoms with Crippen LogP contribution < -0.4 is 0 Å². The predicted octanol–water partition coefficient (Wildman–Crippen LogP) is 3.95. The number of piperidine rings is 1. The van der Waals surface area contributed by atoms with Gasteiger partial charge in [-0.1, -0.05) is 12.1 Å². The van der Waals surface area contributed by atoms with Crippen LogP contribution in [0.3, 0.4) is 0 Å². The number of aromatic nitrogens is 1. The first-order valence-corrected chi connectivity index (χ1v) is 10.2. The van der Waals surface area contributed by atoms with E-state index in [0.717, 1.165) is 11.6 Å². The van der Waals surface area contributed by atoms with E-state index in [0.29, 0.717) is 30.4 Å². The fourth-order valence-electron chi connectivity index (χ4n) is 4.19. The van der Waals surface area contributed by atoms with Crippen molar-refractivity contribution >= 4 is 34.5 Å². The molecule has 29 heavy (non-hydrogen) atoms. The van der Waals surface area contributed by atoms with Crippen molar-refractivity contribution in [1.29, 1.82) is 0 Å². The average Bonchev–Trinajstić information content (AvgIpc) is 3.01. The molecule has 0 radical (unpaired) electrons. The number of alkyl halides is 3. The standard InChI is InChI=1S/C20H19F3N2O3S/c1-19-7-6-13(17(26)25(19)15(10-29-19)18(27)28)9-11-2-4-14-12(8-11)3-5-16(24-14)20(21,22)23/h2-5,8,13,15H,6-7,9-10H2,1H3,(H,27,28). The molecular formula is C20H19F3N2O3S. The molecule has 0 saturated carbocycles. The minimum absolute atomic E-state index is 0.165. The molecule has 2 aromatic rings. The first kappa shape index (κ1) is 20.0. The summed E-state index contributed by atoms with van der Waals surface area (Å²) >= 11 is 1.51. The van der Waals surface area contributed by atoms with Gasteiger partial charge in [0, 0.05) is 17.1 Å². The lowest BCUT2D eigenvalue weighted by Gasteiger charge is -2.43. The minimum atomic E-state index is -4.50. The zero-order valence-corrected chi connectivity index (χ0v) is 16.4. The van der Waals surface area contributed by atoms with Crippen molar-refractivity contribution < 1.29 is 27.9 Å². The van der Waals surface area contributed by atoms with Gasteiger partial charge >= 0.3 is 12.1 Å². The summed E-state index contributed by atoms with van der Waals surface area (Å²) in [5.41, 5.74) is 0.124. The van der Waals surface area contributed by atoms with E-state index >= 15 is 0 Å². The fourth-order valence-corrected chi connectivity index (χ4v) is 5.62. The molecule has 1 amide bonds. The van der Waals surface area contributed by atoms with E-state index in [9.17, 15) is 27.9 Å². The largest absolute Gasteiger partial charge is 0.480 e. The molecule has 1 aromatic carbocycles. The predicted molar refractivity (Wildman–Crippen MR) is 102 cm³/mol. The number of benzene rings is 1. The van der Waals surface area contributed by atoms with Crippen LogP contribution in [0.25, 0.3) is 10.9 Å². The van der Waals surface area contributed by atoms with Crippen LogP contribution in [-0.4, -0.2) is 43.5 Å². The Bertz CT molecular complexity index is 997. The van der Waals surface area contributed by atoms with Gasteiger partial charge in [0.25, 0.3) is 0 Å². The number of fused-ring (bicyclic) bond motifs is 2. The van der Waals surface area contributed by atoms with Crippen molar-refractivity contribution in [1.82, 2.24) is 9.88 Å². The summed E-state index contributed by atoms with van der Waals surface area (Å²) in [6.07, 6.45) is -2.72. The molecule has 3 heterocycles. The summed E-state index contributed by atoms with van der Waals surface area (Å²) < 4.78 is 38.5. The number of thioether (sulfide) groups is 1. The summed E-state index contributed by atoms with van der Waals surface area (Å²) in [5, 5.41) is 10.0. The van der Waals surface area contributed by atoms with Crippen LogP contribution in [-0.2, 0) is 22.2 Å². The normalized spacial score (nSPS) is 27.3. The lowest BCUT2D eigenvalue weighted by molar-refractivity contribution is -0.156. The summed E-state index contributed by atoms with van der Waals surface area (Å²) in [6, 6.07) is 6.47. The van der Waals surface area contributed by atoms with Crippen LogP contribution in [0, 0.1) is 5.92 Å². The van der Waals surface area contributed by atoms with Gasteiger partial charge in [-0.2, -0.15) is 13.2 Å². The van der Waals surface area contributed by atoms with Gasteiger partial charge in [-0.3, -0.25) is 4.79 Å². The summed E-state index contributed by atoms with van der Waals surface area (Å²) in [7, 11) is 0. The molecule has 5 nitrogen and oxygen atoms in total. The maximum Gasteiger partial charge on any atom is 0.433 e. The number of amides is 1. The second-order valence-electron chi connectivity index (χ2n) is 7.71. The lowest BCUT2D eigenvalue weighted by atomic mass is 9.86. The maximum atomic E-state index is 13.1. The van der Waals surface area contributed by atoms with Crippen LogP contribution in [0.4, 0.5) is 13.2 Å². The van der Waals surface area contributed by atoms with E-state index in [-0.39, 0.29) is 17.3 Å². The molecule has 3 atom stereocenters.